The summed E-state index contributed by atoms with van der Waals surface area (Å²) in [6, 6.07) is 19.2. The number of nitrogens with one attached hydrogen (secondary N) is 1. The van der Waals surface area contributed by atoms with E-state index in [4.69, 9.17) is 0 Å². The predicted molar refractivity (Wildman–Crippen MR) is 139 cm³/mol. The summed E-state index contributed by atoms with van der Waals surface area (Å²) in [6.45, 7) is 3.87. The molecular weight excluding hydrogens is 462 g/mol. The van der Waals surface area contributed by atoms with Crippen molar-refractivity contribution in [3.05, 3.63) is 82.5 Å². The summed E-state index contributed by atoms with van der Waals surface area (Å²) in [7, 11) is 5.77. The second-order valence-corrected chi connectivity index (χ2v) is 9.37. The van der Waals surface area contributed by atoms with Gasteiger partial charge in [0.25, 0.3) is 5.56 Å². The van der Waals surface area contributed by atoms with Crippen LogP contribution in [0.4, 0.5) is 5.69 Å². The van der Waals surface area contributed by atoms with Crippen molar-refractivity contribution in [2.45, 2.75) is 25.0 Å². The Balaban J connectivity index is 1.56. The number of nitrogens with zero attached hydrogens (tertiary/aromatic N) is 6. The third kappa shape index (κ3) is 4.94. The maximum atomic E-state index is 13.1. The van der Waals surface area contributed by atoms with Gasteiger partial charge in [-0.05, 0) is 52.2 Å². The van der Waals surface area contributed by atoms with Crippen LogP contribution >= 0.6 is 11.8 Å². The fraction of sp³-hybridized carbons (Fsp3) is 0.280. The highest BCUT2D eigenvalue weighted by molar-refractivity contribution is 7.99. The normalized spacial score (nSPS) is 12.2. The number of benzene rings is 2. The lowest BCUT2D eigenvalue weighted by molar-refractivity contribution is -0.113. The first-order chi connectivity index (χ1) is 16.8. The Hall–Kier alpha value is -3.63. The number of thioether (sulfide) groups is 1. The van der Waals surface area contributed by atoms with Crippen LogP contribution in [0.1, 0.15) is 24.5 Å². The van der Waals surface area contributed by atoms with Gasteiger partial charge in [0.15, 0.2) is 11.0 Å². The van der Waals surface area contributed by atoms with E-state index >= 15 is 0 Å². The van der Waals surface area contributed by atoms with Crippen LogP contribution in [0.5, 0.6) is 0 Å². The zero-order chi connectivity index (χ0) is 25.1. The molecule has 0 radical (unpaired) electrons. The number of carbonyl (C=O) groups excluding carboxylic acids is 1. The van der Waals surface area contributed by atoms with Crippen molar-refractivity contribution in [1.29, 1.82) is 0 Å². The third-order valence-electron chi connectivity index (χ3n) is 5.97. The Labute approximate surface area is 208 Å². The molecule has 35 heavy (non-hydrogen) atoms. The van der Waals surface area contributed by atoms with Gasteiger partial charge < -0.3 is 5.32 Å². The number of hydrogen-bond acceptors (Lipinski definition) is 6. The molecule has 4 aromatic rings. The van der Waals surface area contributed by atoms with Gasteiger partial charge in [0.1, 0.15) is 5.69 Å². The third-order valence-corrected chi connectivity index (χ3v) is 6.90. The lowest BCUT2D eigenvalue weighted by atomic mass is 10.2. The van der Waals surface area contributed by atoms with Gasteiger partial charge in [-0.25, -0.2) is 4.68 Å². The predicted octanol–water partition coefficient (Wildman–Crippen LogP) is 3.42. The van der Waals surface area contributed by atoms with E-state index in [2.05, 4.69) is 27.3 Å². The maximum absolute atomic E-state index is 13.1. The zero-order valence-electron chi connectivity index (χ0n) is 20.5. The summed E-state index contributed by atoms with van der Waals surface area (Å²) in [5, 5.41) is 12.2. The Kier molecular flexibility index (Phi) is 7.23. The summed E-state index contributed by atoms with van der Waals surface area (Å²) in [5.74, 6) is 0.583. The van der Waals surface area contributed by atoms with E-state index < -0.39 is 0 Å². The molecule has 1 unspecified atom stereocenters. The first-order valence-corrected chi connectivity index (χ1v) is 12.2. The summed E-state index contributed by atoms with van der Waals surface area (Å²) < 4.78 is 5.25. The van der Waals surface area contributed by atoms with Crippen molar-refractivity contribution in [1.82, 2.24) is 29.0 Å². The van der Waals surface area contributed by atoms with Crippen molar-refractivity contribution in [2.24, 2.45) is 7.05 Å². The Morgan fingerprint density at radius 1 is 1.03 bits per heavy atom. The molecule has 4 rings (SSSR count). The average molecular weight is 492 g/mol. The number of amides is 1. The smallest absolute Gasteiger partial charge is 0.295 e. The molecular formula is C25H29N7O2S. The minimum atomic E-state index is -0.286. The van der Waals surface area contributed by atoms with Crippen LogP contribution in [-0.2, 0) is 11.8 Å². The molecule has 0 saturated heterocycles. The second-order valence-electron chi connectivity index (χ2n) is 8.42. The molecule has 0 fully saturated rings. The summed E-state index contributed by atoms with van der Waals surface area (Å²) in [6.07, 6.45) is 0. The van der Waals surface area contributed by atoms with E-state index in [9.17, 15) is 9.59 Å². The number of carbonyl (C=O) groups is 1. The lowest BCUT2D eigenvalue weighted by Gasteiger charge is -2.20. The number of hydrogen-bond donors (Lipinski definition) is 1. The quantitative estimate of drug-likeness (QED) is 0.380. The van der Waals surface area contributed by atoms with E-state index in [1.54, 1.807) is 16.4 Å². The van der Waals surface area contributed by atoms with Gasteiger partial charge >= 0.3 is 0 Å². The Morgan fingerprint density at radius 2 is 1.63 bits per heavy atom. The van der Waals surface area contributed by atoms with Gasteiger partial charge in [0.2, 0.25) is 5.91 Å². The Morgan fingerprint density at radius 3 is 2.23 bits per heavy atom. The van der Waals surface area contributed by atoms with Crippen LogP contribution in [0.2, 0.25) is 0 Å². The number of rotatable bonds is 8. The number of aromatic nitrogens is 5. The Bertz CT molecular complexity index is 1370. The van der Waals surface area contributed by atoms with Gasteiger partial charge in [0, 0.05) is 12.7 Å². The molecule has 0 spiro atoms. The fourth-order valence-corrected chi connectivity index (χ4v) is 4.47. The van der Waals surface area contributed by atoms with E-state index in [1.807, 2.05) is 86.2 Å². The van der Waals surface area contributed by atoms with Crippen LogP contribution in [0.15, 0.2) is 70.6 Å². The SMILES string of the molecule is Cc1c(NC(=O)CSc2nnc(C(C)N(C)C)n2-c2ccccc2)c(=O)n(-c2ccccc2)n1C. The monoisotopic (exact) mass is 491 g/mol. The molecule has 0 bridgehead atoms. The molecule has 2 aromatic heterocycles. The summed E-state index contributed by atoms with van der Waals surface area (Å²) in [5.41, 5.74) is 2.33. The highest BCUT2D eigenvalue weighted by Crippen LogP contribution is 2.27. The van der Waals surface area contributed by atoms with E-state index in [0.29, 0.717) is 10.9 Å². The van der Waals surface area contributed by atoms with E-state index in [1.165, 1.54) is 11.8 Å². The van der Waals surface area contributed by atoms with E-state index in [-0.39, 0.29) is 28.9 Å². The van der Waals surface area contributed by atoms with Gasteiger partial charge in [-0.2, -0.15) is 0 Å². The van der Waals surface area contributed by atoms with Crippen LogP contribution in [-0.4, -0.2) is 54.8 Å². The molecule has 0 saturated carbocycles. The van der Waals surface area contributed by atoms with E-state index in [0.717, 1.165) is 17.2 Å². The molecule has 2 aromatic carbocycles. The first-order valence-electron chi connectivity index (χ1n) is 11.2. The van der Waals surface area contributed by atoms with Crippen LogP contribution in [0.25, 0.3) is 11.4 Å². The zero-order valence-corrected chi connectivity index (χ0v) is 21.3. The number of para-hydroxylation sites is 2. The molecule has 9 nitrogen and oxygen atoms in total. The molecule has 0 aliphatic carbocycles. The van der Waals surface area contributed by atoms with Crippen LogP contribution in [0.3, 0.4) is 0 Å². The van der Waals surface area contributed by atoms with Crippen molar-refractivity contribution in [3.8, 4) is 11.4 Å². The summed E-state index contributed by atoms with van der Waals surface area (Å²) >= 11 is 1.28. The molecule has 1 atom stereocenters. The number of anilines is 1. The fourth-order valence-electron chi connectivity index (χ4n) is 3.71. The maximum Gasteiger partial charge on any atom is 0.295 e. The largest absolute Gasteiger partial charge is 0.319 e. The molecule has 2 heterocycles. The molecule has 182 valence electrons. The molecule has 1 N–H and O–H groups in total. The van der Waals surface area contributed by atoms with Gasteiger partial charge in [-0.3, -0.25) is 23.7 Å². The minimum Gasteiger partial charge on any atom is -0.319 e. The highest BCUT2D eigenvalue weighted by atomic mass is 32.2. The molecule has 1 amide bonds. The van der Waals surface area contributed by atoms with Crippen molar-refractivity contribution >= 4 is 23.4 Å². The van der Waals surface area contributed by atoms with Crippen LogP contribution < -0.4 is 10.9 Å². The topological polar surface area (TPSA) is 90.0 Å². The van der Waals surface area contributed by atoms with Gasteiger partial charge in [-0.1, -0.05) is 48.2 Å². The van der Waals surface area contributed by atoms with Crippen molar-refractivity contribution < 1.29 is 4.79 Å². The van der Waals surface area contributed by atoms with Crippen molar-refractivity contribution in [2.75, 3.05) is 25.2 Å². The van der Waals surface area contributed by atoms with Gasteiger partial charge in [-0.15, -0.1) is 10.2 Å². The lowest BCUT2D eigenvalue weighted by Crippen LogP contribution is -2.23. The van der Waals surface area contributed by atoms with Crippen LogP contribution in [0, 0.1) is 6.92 Å². The summed E-state index contributed by atoms with van der Waals surface area (Å²) in [4.78, 5) is 28.0. The molecule has 0 aliphatic heterocycles. The standard InChI is InChI=1S/C25H29N7O2S/c1-17-22(24(34)32(30(17)5)20-14-10-7-11-15-20)26-21(33)16-35-25-28-27-23(18(2)29(3)4)31(25)19-12-8-6-9-13-19/h6-15,18H,16H2,1-5H3,(H,26,33). The average Bonchev–Trinajstić information content (AvgIpc) is 3.38. The highest BCUT2D eigenvalue weighted by Gasteiger charge is 2.22. The first kappa shape index (κ1) is 24.5. The second kappa shape index (κ2) is 10.3. The minimum absolute atomic E-state index is 0.0225. The molecule has 0 aliphatic rings. The molecule has 10 heteroatoms. The van der Waals surface area contributed by atoms with Crippen molar-refractivity contribution in [3.63, 3.8) is 0 Å². The van der Waals surface area contributed by atoms with Gasteiger partial charge in [0.05, 0.1) is 23.2 Å².